The number of hydrogen-bond acceptors (Lipinski definition) is 1. The van der Waals surface area contributed by atoms with Crippen LogP contribution in [0.3, 0.4) is 0 Å². The lowest BCUT2D eigenvalue weighted by molar-refractivity contribution is 0.102. The van der Waals surface area contributed by atoms with Crippen molar-refractivity contribution in [1.82, 2.24) is 0 Å². The Bertz CT molecular complexity index is 598. The van der Waals surface area contributed by atoms with Crippen molar-refractivity contribution in [3.63, 3.8) is 0 Å². The molecule has 0 saturated heterocycles. The fourth-order valence-electron chi connectivity index (χ4n) is 1.51. The first-order valence-corrected chi connectivity index (χ1v) is 6.57. The Labute approximate surface area is 119 Å². The Hall–Kier alpha value is -1.32. The van der Waals surface area contributed by atoms with E-state index >= 15 is 0 Å². The summed E-state index contributed by atoms with van der Waals surface area (Å²) in [7, 11) is 0. The van der Waals surface area contributed by atoms with Gasteiger partial charge in [-0.3, -0.25) is 4.79 Å². The highest BCUT2D eigenvalue weighted by atomic mass is 79.9. The fourth-order valence-corrected chi connectivity index (χ4v) is 2.11. The monoisotopic (exact) mass is 323 g/mol. The van der Waals surface area contributed by atoms with Gasteiger partial charge in [0, 0.05) is 10.2 Å². The van der Waals surface area contributed by atoms with Gasteiger partial charge in [-0.05, 0) is 36.8 Å². The molecule has 1 amide bonds. The Morgan fingerprint density at radius 1 is 1.22 bits per heavy atom. The average molecular weight is 325 g/mol. The standard InChI is InChI=1S/C14H11BrClNO/c1-9-6-7-10(8-12(9)15)17-14(18)11-4-2-3-5-13(11)16/h2-8H,1H3,(H,17,18). The highest BCUT2D eigenvalue weighted by Crippen LogP contribution is 2.22. The summed E-state index contributed by atoms with van der Waals surface area (Å²) in [6, 6.07) is 12.6. The van der Waals surface area contributed by atoms with Gasteiger partial charge in [-0.1, -0.05) is 45.7 Å². The lowest BCUT2D eigenvalue weighted by atomic mass is 10.2. The molecule has 1 N–H and O–H groups in total. The summed E-state index contributed by atoms with van der Waals surface area (Å²) in [6.07, 6.45) is 0. The summed E-state index contributed by atoms with van der Waals surface area (Å²) in [6.45, 7) is 1.99. The molecule has 0 fully saturated rings. The fraction of sp³-hybridized carbons (Fsp3) is 0.0714. The number of aryl methyl sites for hydroxylation is 1. The number of benzene rings is 2. The number of amides is 1. The largest absolute Gasteiger partial charge is 0.322 e. The lowest BCUT2D eigenvalue weighted by Gasteiger charge is -2.08. The molecule has 0 unspecified atom stereocenters. The first-order chi connectivity index (χ1) is 8.58. The van der Waals surface area contributed by atoms with Crippen molar-refractivity contribution >= 4 is 39.1 Å². The molecule has 0 radical (unpaired) electrons. The van der Waals surface area contributed by atoms with Gasteiger partial charge in [-0.2, -0.15) is 0 Å². The number of carbonyl (C=O) groups is 1. The molecule has 0 aromatic heterocycles. The molecule has 2 rings (SSSR count). The van der Waals surface area contributed by atoms with Gasteiger partial charge in [0.25, 0.3) is 5.91 Å². The van der Waals surface area contributed by atoms with E-state index in [0.717, 1.165) is 15.7 Å². The summed E-state index contributed by atoms with van der Waals surface area (Å²) in [4.78, 5) is 12.0. The number of hydrogen-bond donors (Lipinski definition) is 1. The molecule has 0 aliphatic rings. The zero-order valence-corrected chi connectivity index (χ0v) is 12.0. The zero-order valence-electron chi connectivity index (χ0n) is 9.71. The maximum Gasteiger partial charge on any atom is 0.257 e. The maximum absolute atomic E-state index is 12.0. The van der Waals surface area contributed by atoms with Crippen LogP contribution in [0.15, 0.2) is 46.9 Å². The van der Waals surface area contributed by atoms with E-state index in [-0.39, 0.29) is 5.91 Å². The second kappa shape index (κ2) is 5.55. The van der Waals surface area contributed by atoms with E-state index in [4.69, 9.17) is 11.6 Å². The van der Waals surface area contributed by atoms with Crippen LogP contribution < -0.4 is 5.32 Å². The normalized spacial score (nSPS) is 10.2. The van der Waals surface area contributed by atoms with Crippen LogP contribution in [0.4, 0.5) is 5.69 Å². The van der Waals surface area contributed by atoms with Crippen LogP contribution in [0.25, 0.3) is 0 Å². The number of anilines is 1. The molecule has 0 heterocycles. The summed E-state index contributed by atoms with van der Waals surface area (Å²) in [5.41, 5.74) is 2.32. The van der Waals surface area contributed by atoms with Crippen molar-refractivity contribution in [3.05, 3.63) is 63.1 Å². The van der Waals surface area contributed by atoms with Crippen LogP contribution in [-0.2, 0) is 0 Å². The molecule has 0 aliphatic carbocycles. The van der Waals surface area contributed by atoms with Crippen molar-refractivity contribution in [2.24, 2.45) is 0 Å². The van der Waals surface area contributed by atoms with Crippen molar-refractivity contribution < 1.29 is 4.79 Å². The van der Waals surface area contributed by atoms with E-state index < -0.39 is 0 Å². The van der Waals surface area contributed by atoms with Crippen LogP contribution in [0.1, 0.15) is 15.9 Å². The topological polar surface area (TPSA) is 29.1 Å². The molecule has 0 aliphatic heterocycles. The second-order valence-corrected chi connectivity index (χ2v) is 5.16. The van der Waals surface area contributed by atoms with Crippen LogP contribution in [0.2, 0.25) is 5.02 Å². The van der Waals surface area contributed by atoms with Crippen molar-refractivity contribution in [2.45, 2.75) is 6.92 Å². The van der Waals surface area contributed by atoms with E-state index in [0.29, 0.717) is 10.6 Å². The SMILES string of the molecule is Cc1ccc(NC(=O)c2ccccc2Cl)cc1Br. The molecule has 4 heteroatoms. The van der Waals surface area contributed by atoms with Gasteiger partial charge in [-0.25, -0.2) is 0 Å². The Morgan fingerprint density at radius 3 is 2.61 bits per heavy atom. The maximum atomic E-state index is 12.0. The van der Waals surface area contributed by atoms with Crippen molar-refractivity contribution in [2.75, 3.05) is 5.32 Å². The molecular formula is C14H11BrClNO. The molecule has 0 bridgehead atoms. The van der Waals surface area contributed by atoms with Crippen molar-refractivity contribution in [3.8, 4) is 0 Å². The third-order valence-corrected chi connectivity index (χ3v) is 3.73. The quantitative estimate of drug-likeness (QED) is 0.855. The minimum absolute atomic E-state index is 0.212. The van der Waals surface area contributed by atoms with E-state index in [9.17, 15) is 4.79 Å². The first kappa shape index (κ1) is 13.1. The van der Waals surface area contributed by atoms with Gasteiger partial charge in [-0.15, -0.1) is 0 Å². The van der Waals surface area contributed by atoms with Crippen LogP contribution >= 0.6 is 27.5 Å². The number of halogens is 2. The summed E-state index contributed by atoms with van der Waals surface area (Å²) >= 11 is 9.40. The lowest BCUT2D eigenvalue weighted by Crippen LogP contribution is -2.12. The van der Waals surface area contributed by atoms with E-state index in [1.54, 1.807) is 24.3 Å². The van der Waals surface area contributed by atoms with E-state index in [1.807, 2.05) is 25.1 Å². The van der Waals surface area contributed by atoms with Gasteiger partial charge in [0.05, 0.1) is 10.6 Å². The molecule has 0 spiro atoms. The molecule has 0 atom stereocenters. The predicted octanol–water partition coefficient (Wildman–Crippen LogP) is 4.66. The summed E-state index contributed by atoms with van der Waals surface area (Å²) in [5.74, 6) is -0.212. The first-order valence-electron chi connectivity index (χ1n) is 5.40. The zero-order chi connectivity index (χ0) is 13.1. The van der Waals surface area contributed by atoms with E-state index in [1.165, 1.54) is 0 Å². The number of carbonyl (C=O) groups excluding carboxylic acids is 1. The van der Waals surface area contributed by atoms with Crippen LogP contribution in [0.5, 0.6) is 0 Å². The predicted molar refractivity (Wildman–Crippen MR) is 78.3 cm³/mol. The van der Waals surface area contributed by atoms with Gasteiger partial charge >= 0.3 is 0 Å². The highest BCUT2D eigenvalue weighted by Gasteiger charge is 2.09. The van der Waals surface area contributed by atoms with Gasteiger partial charge in [0.15, 0.2) is 0 Å². The molecular weight excluding hydrogens is 314 g/mol. The number of nitrogens with one attached hydrogen (secondary N) is 1. The Kier molecular flexibility index (Phi) is 4.04. The third kappa shape index (κ3) is 2.92. The van der Waals surface area contributed by atoms with Crippen molar-refractivity contribution in [1.29, 1.82) is 0 Å². The smallest absolute Gasteiger partial charge is 0.257 e. The molecule has 2 nitrogen and oxygen atoms in total. The molecule has 0 saturated carbocycles. The van der Waals surface area contributed by atoms with Gasteiger partial charge in [0.2, 0.25) is 0 Å². The molecule has 18 heavy (non-hydrogen) atoms. The average Bonchev–Trinajstić information content (AvgIpc) is 2.34. The minimum atomic E-state index is -0.212. The molecule has 2 aromatic rings. The van der Waals surface area contributed by atoms with E-state index in [2.05, 4.69) is 21.2 Å². The minimum Gasteiger partial charge on any atom is -0.322 e. The highest BCUT2D eigenvalue weighted by molar-refractivity contribution is 9.10. The summed E-state index contributed by atoms with van der Waals surface area (Å²) < 4.78 is 0.958. The van der Waals surface area contributed by atoms with Gasteiger partial charge < -0.3 is 5.32 Å². The third-order valence-electron chi connectivity index (χ3n) is 2.55. The second-order valence-electron chi connectivity index (χ2n) is 3.90. The Balaban J connectivity index is 2.22. The van der Waals surface area contributed by atoms with Crippen LogP contribution in [0, 0.1) is 6.92 Å². The number of rotatable bonds is 2. The van der Waals surface area contributed by atoms with Crippen LogP contribution in [-0.4, -0.2) is 5.91 Å². The Morgan fingerprint density at radius 2 is 1.94 bits per heavy atom. The summed E-state index contributed by atoms with van der Waals surface area (Å²) in [5, 5.41) is 3.26. The molecule has 92 valence electrons. The molecule has 2 aromatic carbocycles. The van der Waals surface area contributed by atoms with Gasteiger partial charge in [0.1, 0.15) is 0 Å².